The van der Waals surface area contributed by atoms with Crippen molar-refractivity contribution in [3.05, 3.63) is 35.7 Å². The molecular weight excluding hydrogens is 382 g/mol. The molecule has 8 nitrogen and oxygen atoms in total. The van der Waals surface area contributed by atoms with Crippen LogP contribution in [0.5, 0.6) is 11.8 Å². The summed E-state index contributed by atoms with van der Waals surface area (Å²) in [6, 6.07) is 8.55. The molecule has 2 aromatic rings. The predicted octanol–water partition coefficient (Wildman–Crippen LogP) is 2.58. The normalized spacial score (nSPS) is 14.5. The lowest BCUT2D eigenvalue weighted by Crippen LogP contribution is -2.47. The molecule has 1 amide bonds. The molecule has 1 aliphatic rings. The van der Waals surface area contributed by atoms with E-state index in [1.165, 1.54) is 5.69 Å². The van der Waals surface area contributed by atoms with Crippen molar-refractivity contribution in [1.82, 2.24) is 14.9 Å². The number of benzene rings is 1. The fraction of sp³-hybridized carbons (Fsp3) is 0.500. The van der Waals surface area contributed by atoms with Crippen molar-refractivity contribution >= 4 is 17.3 Å². The maximum absolute atomic E-state index is 12.6. The number of nitrogens with zero attached hydrogens (tertiary/aromatic N) is 4. The molecule has 2 N–H and O–H groups in total. The van der Waals surface area contributed by atoms with Crippen LogP contribution < -0.4 is 20.1 Å². The second-order valence-corrected chi connectivity index (χ2v) is 7.53. The second-order valence-electron chi connectivity index (χ2n) is 7.53. The Kier molecular flexibility index (Phi) is 6.97. The van der Waals surface area contributed by atoms with E-state index in [0.717, 1.165) is 31.7 Å². The van der Waals surface area contributed by atoms with Crippen LogP contribution in [0, 0.1) is 13.8 Å². The minimum Gasteiger partial charge on any atom is -0.494 e. The van der Waals surface area contributed by atoms with Crippen LogP contribution in [0.1, 0.15) is 31.2 Å². The summed E-state index contributed by atoms with van der Waals surface area (Å²) in [5.41, 5.74) is 8.89. The third-order valence-corrected chi connectivity index (χ3v) is 5.55. The van der Waals surface area contributed by atoms with Crippen LogP contribution in [0.2, 0.25) is 0 Å². The zero-order valence-corrected chi connectivity index (χ0v) is 18.2. The highest BCUT2D eigenvalue weighted by molar-refractivity contribution is 5.77. The Morgan fingerprint density at radius 2 is 1.73 bits per heavy atom. The average molecular weight is 414 g/mol. The van der Waals surface area contributed by atoms with Gasteiger partial charge >= 0.3 is 6.01 Å². The fourth-order valence-corrected chi connectivity index (χ4v) is 3.62. The number of aromatic nitrogens is 2. The van der Waals surface area contributed by atoms with E-state index in [4.69, 9.17) is 15.2 Å². The van der Waals surface area contributed by atoms with Crippen molar-refractivity contribution in [2.24, 2.45) is 0 Å². The Hall–Kier alpha value is -3.03. The number of anilines is 2. The van der Waals surface area contributed by atoms with E-state index in [2.05, 4.69) is 27.0 Å². The molecule has 1 fully saturated rings. The Bertz CT molecular complexity index is 841. The van der Waals surface area contributed by atoms with E-state index in [1.807, 2.05) is 26.1 Å². The Morgan fingerprint density at radius 1 is 1.13 bits per heavy atom. The molecule has 0 spiro atoms. The van der Waals surface area contributed by atoms with Gasteiger partial charge in [-0.05, 0) is 57.9 Å². The van der Waals surface area contributed by atoms with Crippen LogP contribution in [0.15, 0.2) is 24.3 Å². The van der Waals surface area contributed by atoms with Crippen molar-refractivity contribution in [2.75, 3.05) is 44.0 Å². The largest absolute Gasteiger partial charge is 0.494 e. The summed E-state index contributed by atoms with van der Waals surface area (Å²) in [7, 11) is 1.84. The first kappa shape index (κ1) is 21.7. The number of likely N-dealkylation sites (N-methyl/N-ethyl adjacent to an activating group) is 1. The topological polar surface area (TPSA) is 93.8 Å². The van der Waals surface area contributed by atoms with Gasteiger partial charge in [0, 0.05) is 31.9 Å². The Morgan fingerprint density at radius 3 is 2.30 bits per heavy atom. The van der Waals surface area contributed by atoms with Crippen LogP contribution in [-0.4, -0.2) is 60.2 Å². The molecule has 30 heavy (non-hydrogen) atoms. The van der Waals surface area contributed by atoms with E-state index in [-0.39, 0.29) is 24.6 Å². The summed E-state index contributed by atoms with van der Waals surface area (Å²) in [6.45, 7) is 7.95. The van der Waals surface area contributed by atoms with Crippen molar-refractivity contribution in [3.8, 4) is 11.8 Å². The van der Waals surface area contributed by atoms with Crippen LogP contribution in [0.3, 0.4) is 0 Å². The number of rotatable bonds is 7. The van der Waals surface area contributed by atoms with Crippen molar-refractivity contribution in [3.63, 3.8) is 0 Å². The number of amides is 1. The zero-order valence-electron chi connectivity index (χ0n) is 18.2. The number of hydrogen-bond donors (Lipinski definition) is 1. The average Bonchev–Trinajstić information content (AvgIpc) is 2.76. The van der Waals surface area contributed by atoms with Gasteiger partial charge < -0.3 is 25.0 Å². The van der Waals surface area contributed by atoms with Gasteiger partial charge in [-0.25, -0.2) is 0 Å². The van der Waals surface area contributed by atoms with Crippen LogP contribution in [0.4, 0.5) is 11.4 Å². The number of carbonyl (C=O) groups is 1. The van der Waals surface area contributed by atoms with Gasteiger partial charge in [0.05, 0.1) is 23.7 Å². The van der Waals surface area contributed by atoms with Crippen molar-refractivity contribution in [1.29, 1.82) is 0 Å². The summed E-state index contributed by atoms with van der Waals surface area (Å²) in [5.74, 6) is 0.808. The van der Waals surface area contributed by atoms with E-state index >= 15 is 0 Å². The Labute approximate surface area is 178 Å². The molecule has 0 atom stereocenters. The Balaban J connectivity index is 1.49. The number of hydrogen-bond acceptors (Lipinski definition) is 7. The highest BCUT2D eigenvalue weighted by Crippen LogP contribution is 2.24. The molecule has 1 aromatic carbocycles. The summed E-state index contributed by atoms with van der Waals surface area (Å²) in [6.07, 6.45) is 1.82. The number of nitrogen functional groups attached to an aromatic ring is 1. The summed E-state index contributed by atoms with van der Waals surface area (Å²) >= 11 is 0. The molecule has 0 unspecified atom stereocenters. The smallest absolute Gasteiger partial charge is 0.317 e. The molecule has 0 saturated carbocycles. The molecule has 1 aromatic heterocycles. The molecule has 3 rings (SSSR count). The highest BCUT2D eigenvalue weighted by atomic mass is 16.5. The van der Waals surface area contributed by atoms with Crippen LogP contribution in [0.25, 0.3) is 0 Å². The first-order valence-electron chi connectivity index (χ1n) is 10.4. The lowest BCUT2D eigenvalue weighted by atomic mass is 10.0. The van der Waals surface area contributed by atoms with E-state index in [9.17, 15) is 4.79 Å². The fourth-order valence-electron chi connectivity index (χ4n) is 3.62. The van der Waals surface area contributed by atoms with E-state index in [1.54, 1.807) is 18.7 Å². The molecular formula is C22H31N5O3. The van der Waals surface area contributed by atoms with E-state index < -0.39 is 0 Å². The van der Waals surface area contributed by atoms with Gasteiger partial charge in [0.2, 0.25) is 0 Å². The predicted molar refractivity (Wildman–Crippen MR) is 117 cm³/mol. The summed E-state index contributed by atoms with van der Waals surface area (Å²) in [5, 5.41) is 0. The molecule has 0 aliphatic carbocycles. The summed E-state index contributed by atoms with van der Waals surface area (Å²) < 4.78 is 11.0. The summed E-state index contributed by atoms with van der Waals surface area (Å²) in [4.78, 5) is 25.1. The van der Waals surface area contributed by atoms with Gasteiger partial charge in [0.1, 0.15) is 5.75 Å². The van der Waals surface area contributed by atoms with Crippen LogP contribution in [-0.2, 0) is 4.79 Å². The number of nitrogens with two attached hydrogens (primary N) is 1. The highest BCUT2D eigenvalue weighted by Gasteiger charge is 2.26. The SMILES string of the molecule is CCOc1ccc(N2CCC(N(C)C(=O)COc3nc(C)c(N)c(C)n3)CC2)cc1. The van der Waals surface area contributed by atoms with Gasteiger partial charge in [0.25, 0.3) is 5.91 Å². The quantitative estimate of drug-likeness (QED) is 0.745. The molecule has 0 radical (unpaired) electrons. The van der Waals surface area contributed by atoms with E-state index in [0.29, 0.717) is 23.7 Å². The minimum absolute atomic E-state index is 0.0785. The number of carbonyl (C=O) groups excluding carboxylic acids is 1. The van der Waals surface area contributed by atoms with Gasteiger partial charge in [0.15, 0.2) is 6.61 Å². The standard InChI is InChI=1S/C22H31N5O3/c1-5-29-19-8-6-18(7-9-19)27-12-10-17(11-13-27)26(4)20(28)14-30-22-24-15(2)21(23)16(3)25-22/h6-9,17H,5,10-14,23H2,1-4H3. The third kappa shape index (κ3) is 5.11. The second kappa shape index (κ2) is 9.65. The van der Waals surface area contributed by atoms with Crippen LogP contribution >= 0.6 is 0 Å². The maximum Gasteiger partial charge on any atom is 0.317 e. The molecule has 1 saturated heterocycles. The zero-order chi connectivity index (χ0) is 21.7. The molecule has 0 bridgehead atoms. The molecule has 2 heterocycles. The first-order valence-corrected chi connectivity index (χ1v) is 10.4. The molecule has 162 valence electrons. The van der Waals surface area contributed by atoms with Gasteiger partial charge in [-0.2, -0.15) is 9.97 Å². The third-order valence-electron chi connectivity index (χ3n) is 5.55. The first-order chi connectivity index (χ1) is 14.4. The lowest BCUT2D eigenvalue weighted by Gasteiger charge is -2.37. The minimum atomic E-state index is -0.0849. The molecule has 8 heteroatoms. The van der Waals surface area contributed by atoms with Gasteiger partial charge in [-0.1, -0.05) is 0 Å². The number of aryl methyl sites for hydroxylation is 2. The van der Waals surface area contributed by atoms with Gasteiger partial charge in [-0.15, -0.1) is 0 Å². The lowest BCUT2D eigenvalue weighted by molar-refractivity contribution is -0.134. The monoisotopic (exact) mass is 413 g/mol. The number of piperidine rings is 1. The van der Waals surface area contributed by atoms with Gasteiger partial charge in [-0.3, -0.25) is 4.79 Å². The van der Waals surface area contributed by atoms with Crippen molar-refractivity contribution in [2.45, 2.75) is 39.7 Å². The number of ether oxygens (including phenoxy) is 2. The maximum atomic E-state index is 12.6. The van der Waals surface area contributed by atoms with Crippen molar-refractivity contribution < 1.29 is 14.3 Å². The molecule has 1 aliphatic heterocycles.